The van der Waals surface area contributed by atoms with Gasteiger partial charge in [-0.05, 0) is 18.4 Å². The van der Waals surface area contributed by atoms with Crippen LogP contribution in [-0.4, -0.2) is 29.6 Å². The monoisotopic (exact) mass is 247 g/mol. The van der Waals surface area contributed by atoms with Crippen molar-refractivity contribution in [2.45, 2.75) is 18.1 Å². The lowest BCUT2D eigenvalue weighted by molar-refractivity contribution is -0.132. The van der Waals surface area contributed by atoms with E-state index in [-0.39, 0.29) is 0 Å². The van der Waals surface area contributed by atoms with Crippen molar-refractivity contribution in [3.63, 3.8) is 0 Å². The predicted molar refractivity (Wildman–Crippen MR) is 70.9 cm³/mol. The number of rotatable bonds is 2. The van der Waals surface area contributed by atoms with Gasteiger partial charge in [0.15, 0.2) is 0 Å². The average molecular weight is 247 g/mol. The molecule has 1 unspecified atom stereocenters. The van der Waals surface area contributed by atoms with Gasteiger partial charge < -0.3 is 4.90 Å². The third-order valence-corrected chi connectivity index (χ3v) is 4.72. The zero-order valence-electron chi connectivity index (χ0n) is 9.84. The molecule has 1 heterocycles. The lowest BCUT2D eigenvalue weighted by atomic mass is 10.1. The third kappa shape index (κ3) is 2.49. The molecular formula is C14H17NOS. The molecule has 2 nitrogen and oxygen atoms in total. The third-order valence-electron chi connectivity index (χ3n) is 3.48. The van der Waals surface area contributed by atoms with E-state index < -0.39 is 0 Å². The lowest BCUT2D eigenvalue weighted by Gasteiger charge is -2.32. The summed E-state index contributed by atoms with van der Waals surface area (Å²) in [6, 6.07) is 10.5. The van der Waals surface area contributed by atoms with Gasteiger partial charge in [0, 0.05) is 30.0 Å². The van der Waals surface area contributed by atoms with Gasteiger partial charge in [0.25, 0.3) is 0 Å². The first-order valence-electron chi connectivity index (χ1n) is 6.30. The molecule has 0 bridgehead atoms. The van der Waals surface area contributed by atoms with Crippen LogP contribution in [0.2, 0.25) is 0 Å². The Morgan fingerprint density at radius 2 is 2.00 bits per heavy atom. The van der Waals surface area contributed by atoms with Crippen LogP contribution >= 0.6 is 11.8 Å². The van der Waals surface area contributed by atoms with Gasteiger partial charge in [-0.2, -0.15) is 11.8 Å². The fraction of sp³-hybridized carbons (Fsp3) is 0.500. The van der Waals surface area contributed by atoms with Gasteiger partial charge >= 0.3 is 0 Å². The summed E-state index contributed by atoms with van der Waals surface area (Å²) in [6.07, 6.45) is 2.22. The Kier molecular flexibility index (Phi) is 3.10. The van der Waals surface area contributed by atoms with Crippen molar-refractivity contribution in [3.8, 4) is 0 Å². The summed E-state index contributed by atoms with van der Waals surface area (Å²) in [4.78, 5) is 14.1. The summed E-state index contributed by atoms with van der Waals surface area (Å²) in [5.41, 5.74) is 1.35. The van der Waals surface area contributed by atoms with E-state index in [0.29, 0.717) is 17.1 Å². The number of carbonyl (C=O) groups excluding carboxylic acids is 1. The Morgan fingerprint density at radius 3 is 2.71 bits per heavy atom. The van der Waals surface area contributed by atoms with E-state index in [0.717, 1.165) is 31.7 Å². The van der Waals surface area contributed by atoms with Crippen LogP contribution in [0.15, 0.2) is 30.3 Å². The summed E-state index contributed by atoms with van der Waals surface area (Å²) in [7, 11) is 0. The Bertz CT molecular complexity index is 402. The molecule has 2 fully saturated rings. The molecule has 1 saturated heterocycles. The van der Waals surface area contributed by atoms with E-state index in [1.165, 1.54) is 5.56 Å². The van der Waals surface area contributed by atoms with Gasteiger partial charge in [-0.1, -0.05) is 30.3 Å². The minimum absolute atomic E-state index is 0.356. The summed E-state index contributed by atoms with van der Waals surface area (Å²) < 4.78 is 0. The number of carbonyl (C=O) groups is 1. The minimum Gasteiger partial charge on any atom is -0.340 e. The molecule has 1 amide bonds. The van der Waals surface area contributed by atoms with Crippen LogP contribution in [0.3, 0.4) is 0 Å². The maximum atomic E-state index is 12.1. The van der Waals surface area contributed by atoms with Gasteiger partial charge in [0.1, 0.15) is 0 Å². The zero-order chi connectivity index (χ0) is 11.7. The van der Waals surface area contributed by atoms with Crippen LogP contribution in [-0.2, 0) is 4.79 Å². The van der Waals surface area contributed by atoms with E-state index in [1.54, 1.807) is 0 Å². The molecule has 3 heteroatoms. The summed E-state index contributed by atoms with van der Waals surface area (Å²) in [5.74, 6) is 1.82. The highest BCUT2D eigenvalue weighted by molar-refractivity contribution is 7.99. The zero-order valence-corrected chi connectivity index (χ0v) is 10.7. The largest absolute Gasteiger partial charge is 0.340 e. The predicted octanol–water partition coefficient (Wildman–Crippen LogP) is 2.71. The maximum Gasteiger partial charge on any atom is 0.225 e. The molecule has 0 aromatic heterocycles. The van der Waals surface area contributed by atoms with Crippen LogP contribution in [0.4, 0.5) is 0 Å². The number of nitrogens with zero attached hydrogens (tertiary/aromatic N) is 1. The molecule has 1 aliphatic carbocycles. The quantitative estimate of drug-likeness (QED) is 0.801. The second kappa shape index (κ2) is 4.73. The summed E-state index contributed by atoms with van der Waals surface area (Å²) in [6.45, 7) is 1.83. The van der Waals surface area contributed by atoms with Gasteiger partial charge in [0.05, 0.1) is 0 Å². The Hall–Kier alpha value is -0.960. The SMILES string of the molecule is O=C(C1CC1)N1CCSC(c2ccccc2)C1. The van der Waals surface area contributed by atoms with Crippen LogP contribution in [0.25, 0.3) is 0 Å². The number of amides is 1. The standard InChI is InChI=1S/C14H17NOS/c16-14(12-6-7-12)15-8-9-17-13(10-15)11-4-2-1-3-5-11/h1-5,12-13H,6-10H2. The van der Waals surface area contributed by atoms with Gasteiger partial charge in [-0.15, -0.1) is 0 Å². The van der Waals surface area contributed by atoms with Gasteiger partial charge in [-0.3, -0.25) is 4.79 Å². The molecule has 3 rings (SSSR count). The highest BCUT2D eigenvalue weighted by Gasteiger charge is 2.35. The van der Waals surface area contributed by atoms with E-state index in [2.05, 4.69) is 29.2 Å². The highest BCUT2D eigenvalue weighted by atomic mass is 32.2. The smallest absolute Gasteiger partial charge is 0.225 e. The molecule has 90 valence electrons. The maximum absolute atomic E-state index is 12.1. The topological polar surface area (TPSA) is 20.3 Å². The lowest BCUT2D eigenvalue weighted by Crippen LogP contribution is -2.40. The van der Waals surface area contributed by atoms with Crippen LogP contribution < -0.4 is 0 Å². The van der Waals surface area contributed by atoms with Gasteiger partial charge in [-0.25, -0.2) is 0 Å². The van der Waals surface area contributed by atoms with E-state index in [1.807, 2.05) is 17.8 Å². The minimum atomic E-state index is 0.356. The second-order valence-corrected chi connectivity index (χ2v) is 6.14. The van der Waals surface area contributed by atoms with Crippen molar-refractivity contribution in [1.29, 1.82) is 0 Å². The average Bonchev–Trinajstić information content (AvgIpc) is 3.23. The van der Waals surface area contributed by atoms with Gasteiger partial charge in [0.2, 0.25) is 5.91 Å². The fourth-order valence-corrected chi connectivity index (χ4v) is 3.55. The number of hydrogen-bond donors (Lipinski definition) is 0. The molecule has 0 N–H and O–H groups in total. The van der Waals surface area contributed by atoms with E-state index in [9.17, 15) is 4.79 Å². The van der Waals surface area contributed by atoms with Crippen molar-refractivity contribution in [2.24, 2.45) is 5.92 Å². The van der Waals surface area contributed by atoms with Crippen molar-refractivity contribution in [1.82, 2.24) is 4.90 Å². The van der Waals surface area contributed by atoms with Crippen molar-refractivity contribution < 1.29 is 4.79 Å². The van der Waals surface area contributed by atoms with Crippen molar-refractivity contribution in [2.75, 3.05) is 18.8 Å². The molecule has 17 heavy (non-hydrogen) atoms. The molecule has 1 aromatic rings. The Labute approximate surface area is 106 Å². The first kappa shape index (κ1) is 11.1. The normalized spacial score (nSPS) is 24.7. The second-order valence-electron chi connectivity index (χ2n) is 4.83. The van der Waals surface area contributed by atoms with Crippen molar-refractivity contribution in [3.05, 3.63) is 35.9 Å². The molecular weight excluding hydrogens is 230 g/mol. The fourth-order valence-electron chi connectivity index (χ4n) is 2.31. The summed E-state index contributed by atoms with van der Waals surface area (Å²) in [5, 5.41) is 0.465. The molecule has 2 aliphatic rings. The summed E-state index contributed by atoms with van der Waals surface area (Å²) >= 11 is 1.98. The first-order valence-corrected chi connectivity index (χ1v) is 7.35. The molecule has 1 atom stereocenters. The molecule has 1 aromatic carbocycles. The Morgan fingerprint density at radius 1 is 1.24 bits per heavy atom. The van der Waals surface area contributed by atoms with Crippen LogP contribution in [0.5, 0.6) is 0 Å². The molecule has 0 radical (unpaired) electrons. The highest BCUT2D eigenvalue weighted by Crippen LogP contribution is 2.36. The van der Waals surface area contributed by atoms with Crippen LogP contribution in [0.1, 0.15) is 23.7 Å². The number of thioether (sulfide) groups is 1. The van der Waals surface area contributed by atoms with E-state index in [4.69, 9.17) is 0 Å². The number of hydrogen-bond acceptors (Lipinski definition) is 2. The molecule has 1 aliphatic heterocycles. The van der Waals surface area contributed by atoms with Crippen LogP contribution in [0, 0.1) is 5.92 Å². The van der Waals surface area contributed by atoms with Crippen molar-refractivity contribution >= 4 is 17.7 Å². The molecule has 1 saturated carbocycles. The molecule has 0 spiro atoms. The first-order chi connectivity index (χ1) is 8.34. The number of benzene rings is 1. The Balaban J connectivity index is 1.69. The van der Waals surface area contributed by atoms with E-state index >= 15 is 0 Å².